The molecule has 0 aromatic heterocycles. The van der Waals surface area contributed by atoms with E-state index in [1.807, 2.05) is 6.92 Å². The third-order valence-corrected chi connectivity index (χ3v) is 5.25. The Bertz CT molecular complexity index is 999. The van der Waals surface area contributed by atoms with Crippen LogP contribution >= 0.6 is 11.6 Å². The fourth-order valence-corrected chi connectivity index (χ4v) is 3.95. The van der Waals surface area contributed by atoms with E-state index in [1.165, 1.54) is 13.0 Å². The number of hydrogen-bond donors (Lipinski definition) is 0. The lowest BCUT2D eigenvalue weighted by Crippen LogP contribution is -2.13. The van der Waals surface area contributed by atoms with Gasteiger partial charge in [0.1, 0.15) is 11.6 Å². The summed E-state index contributed by atoms with van der Waals surface area (Å²) in [7, 11) is -3.83. The van der Waals surface area contributed by atoms with Crippen LogP contribution in [-0.4, -0.2) is 20.5 Å². The maximum absolute atomic E-state index is 13.9. The zero-order valence-corrected chi connectivity index (χ0v) is 17.5. The molecule has 0 saturated carbocycles. The molecule has 152 valence electrons. The summed E-state index contributed by atoms with van der Waals surface area (Å²) in [6, 6.07) is 4.36. The number of carbonyl (C=O) groups excluding carboxylic acids is 1. The number of hydrogen-bond acceptors (Lipinski definition) is 4. The lowest BCUT2D eigenvalue weighted by Gasteiger charge is -2.22. The monoisotopic (exact) mass is 430 g/mol. The average molecular weight is 431 g/mol. The van der Waals surface area contributed by atoms with Crippen LogP contribution in [0.5, 0.6) is 0 Å². The van der Waals surface area contributed by atoms with Gasteiger partial charge in [-0.15, -0.1) is 0 Å². The van der Waals surface area contributed by atoms with E-state index in [0.717, 1.165) is 24.5 Å². The second-order valence-electron chi connectivity index (χ2n) is 6.60. The Hall–Kier alpha value is -1.83. The molecular formula is C20H21ClF2O4S. The third-order valence-electron chi connectivity index (χ3n) is 4.22. The van der Waals surface area contributed by atoms with Crippen molar-refractivity contribution < 1.29 is 26.2 Å². The predicted octanol–water partition coefficient (Wildman–Crippen LogP) is 5.61. The molecule has 0 spiro atoms. The van der Waals surface area contributed by atoms with Crippen LogP contribution < -0.4 is 0 Å². The highest BCUT2D eigenvalue weighted by Crippen LogP contribution is 2.40. The van der Waals surface area contributed by atoms with Crippen molar-refractivity contribution in [2.75, 3.05) is 6.26 Å². The number of carbonyl (C=O) groups is 1. The van der Waals surface area contributed by atoms with Gasteiger partial charge >= 0.3 is 0 Å². The molecule has 28 heavy (non-hydrogen) atoms. The molecule has 2 aromatic rings. The van der Waals surface area contributed by atoms with Crippen molar-refractivity contribution in [2.24, 2.45) is 0 Å². The number of ketones is 1. The molecule has 8 heteroatoms. The summed E-state index contributed by atoms with van der Waals surface area (Å²) < 4.78 is 56.1. The van der Waals surface area contributed by atoms with Crippen LogP contribution in [0.2, 0.25) is 5.02 Å². The van der Waals surface area contributed by atoms with Crippen molar-refractivity contribution in [1.29, 1.82) is 0 Å². The van der Waals surface area contributed by atoms with E-state index in [2.05, 4.69) is 0 Å². The highest BCUT2D eigenvalue weighted by Gasteiger charge is 2.26. The number of rotatable bonds is 7. The average Bonchev–Trinajstić information content (AvgIpc) is 2.54. The minimum Gasteiger partial charge on any atom is -0.294 e. The zero-order chi connectivity index (χ0) is 21.2. The predicted molar refractivity (Wildman–Crippen MR) is 105 cm³/mol. The smallest absolute Gasteiger partial charge is 0.264 e. The molecule has 0 amide bonds. The molecule has 0 saturated heterocycles. The molecule has 2 aromatic carbocycles. The highest BCUT2D eigenvalue weighted by molar-refractivity contribution is 7.86. The van der Waals surface area contributed by atoms with Crippen LogP contribution in [0.1, 0.15) is 54.3 Å². The molecule has 0 heterocycles. The van der Waals surface area contributed by atoms with E-state index >= 15 is 0 Å². The lowest BCUT2D eigenvalue weighted by molar-refractivity contribution is 0.0981. The Morgan fingerprint density at radius 1 is 1.18 bits per heavy atom. The quantitative estimate of drug-likeness (QED) is 0.423. The van der Waals surface area contributed by atoms with E-state index in [0.29, 0.717) is 12.0 Å². The summed E-state index contributed by atoms with van der Waals surface area (Å²) in [6.07, 6.45) is 0.631. The van der Waals surface area contributed by atoms with Gasteiger partial charge in [-0.25, -0.2) is 8.78 Å². The standard InChI is InChI=1S/C20H21ClF2O4S/c1-5-6-18(24)19-11(2)17(21)10-16(12(3)27-28(4,25)26)20(19)13-7-14(22)9-15(23)8-13/h7-10,12H,5-6H2,1-4H3. The van der Waals surface area contributed by atoms with Crippen molar-refractivity contribution in [2.45, 2.75) is 39.7 Å². The number of Topliss-reactive ketones (excluding diaryl/α,β-unsaturated/α-hetero) is 1. The van der Waals surface area contributed by atoms with E-state index in [9.17, 15) is 22.0 Å². The van der Waals surface area contributed by atoms with Gasteiger partial charge in [-0.1, -0.05) is 18.5 Å². The van der Waals surface area contributed by atoms with Crippen LogP contribution in [0, 0.1) is 18.6 Å². The SMILES string of the molecule is CCCC(=O)c1c(C)c(Cl)cc(C(C)OS(C)(=O)=O)c1-c1cc(F)cc(F)c1. The second kappa shape index (κ2) is 8.68. The van der Waals surface area contributed by atoms with Gasteiger partial charge in [0.05, 0.1) is 12.4 Å². The highest BCUT2D eigenvalue weighted by atomic mass is 35.5. The van der Waals surface area contributed by atoms with Crippen molar-refractivity contribution >= 4 is 27.5 Å². The topological polar surface area (TPSA) is 60.4 Å². The third kappa shape index (κ3) is 5.16. The van der Waals surface area contributed by atoms with Gasteiger partial charge in [0.25, 0.3) is 10.1 Å². The van der Waals surface area contributed by atoms with E-state index < -0.39 is 27.9 Å². The summed E-state index contributed by atoms with van der Waals surface area (Å²) in [5.41, 5.74) is 1.24. The van der Waals surface area contributed by atoms with Crippen molar-refractivity contribution in [3.63, 3.8) is 0 Å². The van der Waals surface area contributed by atoms with E-state index in [4.69, 9.17) is 15.8 Å². The van der Waals surface area contributed by atoms with Crippen molar-refractivity contribution in [3.05, 3.63) is 57.6 Å². The Morgan fingerprint density at radius 2 is 1.75 bits per heavy atom. The van der Waals surface area contributed by atoms with Gasteiger partial charge in [0.2, 0.25) is 0 Å². The van der Waals surface area contributed by atoms with Gasteiger partial charge in [-0.2, -0.15) is 8.42 Å². The lowest BCUT2D eigenvalue weighted by atomic mass is 9.86. The first-order valence-corrected chi connectivity index (χ1v) is 10.8. The number of halogens is 3. The molecule has 1 atom stereocenters. The minimum atomic E-state index is -3.83. The first kappa shape index (κ1) is 22.5. The fraction of sp³-hybridized carbons (Fsp3) is 0.350. The minimum absolute atomic E-state index is 0.107. The molecule has 4 nitrogen and oxygen atoms in total. The van der Waals surface area contributed by atoms with Crippen molar-refractivity contribution in [1.82, 2.24) is 0 Å². The molecular weight excluding hydrogens is 410 g/mol. The molecule has 0 aliphatic heterocycles. The molecule has 2 rings (SSSR count). The molecule has 0 aliphatic carbocycles. The maximum atomic E-state index is 13.9. The summed E-state index contributed by atoms with van der Waals surface area (Å²) in [4.78, 5) is 12.8. The van der Waals surface area contributed by atoms with Crippen LogP contribution in [0.15, 0.2) is 24.3 Å². The van der Waals surface area contributed by atoms with Crippen LogP contribution in [0.3, 0.4) is 0 Å². The fourth-order valence-electron chi connectivity index (χ4n) is 3.11. The van der Waals surface area contributed by atoms with E-state index in [-0.39, 0.29) is 39.5 Å². The molecule has 0 radical (unpaired) electrons. The molecule has 0 bridgehead atoms. The Morgan fingerprint density at radius 3 is 2.25 bits per heavy atom. The van der Waals surface area contributed by atoms with Gasteiger partial charge in [0, 0.05) is 23.1 Å². The maximum Gasteiger partial charge on any atom is 0.264 e. The van der Waals surface area contributed by atoms with Crippen LogP contribution in [0.25, 0.3) is 11.1 Å². The first-order valence-electron chi connectivity index (χ1n) is 8.65. The van der Waals surface area contributed by atoms with Gasteiger partial charge in [-0.05, 0) is 60.7 Å². The normalized spacial score (nSPS) is 12.8. The Balaban J connectivity index is 2.89. The largest absolute Gasteiger partial charge is 0.294 e. The molecule has 0 fully saturated rings. The number of benzene rings is 2. The Labute approximate surface area is 168 Å². The summed E-state index contributed by atoms with van der Waals surface area (Å²) in [6.45, 7) is 4.93. The van der Waals surface area contributed by atoms with Crippen molar-refractivity contribution in [3.8, 4) is 11.1 Å². The van der Waals surface area contributed by atoms with Crippen LogP contribution in [0.4, 0.5) is 8.78 Å². The Kier molecular flexibility index (Phi) is 6.96. The first-order chi connectivity index (χ1) is 12.9. The van der Waals surface area contributed by atoms with Gasteiger partial charge in [0.15, 0.2) is 5.78 Å². The zero-order valence-electron chi connectivity index (χ0n) is 16.0. The van der Waals surface area contributed by atoms with Gasteiger partial charge < -0.3 is 0 Å². The summed E-state index contributed by atoms with van der Waals surface area (Å²) in [5.74, 6) is -1.90. The second-order valence-corrected chi connectivity index (χ2v) is 8.60. The van der Waals surface area contributed by atoms with E-state index in [1.54, 1.807) is 6.92 Å². The molecule has 0 N–H and O–H groups in total. The van der Waals surface area contributed by atoms with Gasteiger partial charge in [-0.3, -0.25) is 8.98 Å². The van der Waals surface area contributed by atoms with Crippen LogP contribution in [-0.2, 0) is 14.3 Å². The molecule has 0 aliphatic rings. The summed E-state index contributed by atoms with van der Waals surface area (Å²) >= 11 is 6.30. The summed E-state index contributed by atoms with van der Waals surface area (Å²) in [5, 5.41) is 0.235. The molecule has 1 unspecified atom stereocenters.